The van der Waals surface area contributed by atoms with Gasteiger partial charge in [0.15, 0.2) is 0 Å². The minimum absolute atomic E-state index is 0.609. The molecule has 0 bridgehead atoms. The van der Waals surface area contributed by atoms with Crippen LogP contribution in [0.2, 0.25) is 0 Å². The molecule has 1 aliphatic carbocycles. The number of halogens is 1. The van der Waals surface area contributed by atoms with Gasteiger partial charge in [-0.3, -0.25) is 0 Å². The molecule has 0 saturated carbocycles. The fourth-order valence-corrected chi connectivity index (χ4v) is 2.33. The molecular weight excluding hydrogens is 200 g/mol. The average molecular weight is 211 g/mol. The molecule has 0 unspecified atom stereocenters. The molecule has 1 atom stereocenters. The maximum atomic E-state index is 3.67. The van der Waals surface area contributed by atoms with Crippen LogP contribution in [0.15, 0.2) is 18.2 Å². The molecule has 0 saturated heterocycles. The monoisotopic (exact) mass is 210 g/mol. The summed E-state index contributed by atoms with van der Waals surface area (Å²) in [6.45, 7) is 2.15. The molecule has 0 nitrogen and oxygen atoms in total. The standard InChI is InChI=1S/C10H11Br/c1-7-2-3-8-4-5-10(11)9(8)6-7/h2-3,6,10H,4-5H2,1H3/t10-/m1/s1. The molecular formula is C10H11Br. The SMILES string of the molecule is Cc1ccc2c(c1)[C@H](Br)CC2. The summed E-state index contributed by atoms with van der Waals surface area (Å²) in [6.07, 6.45) is 2.50. The second-order valence-corrected chi connectivity index (χ2v) is 4.31. The van der Waals surface area contributed by atoms with E-state index < -0.39 is 0 Å². The third-order valence-electron chi connectivity index (χ3n) is 2.31. The van der Waals surface area contributed by atoms with Crippen molar-refractivity contribution >= 4 is 15.9 Å². The van der Waals surface area contributed by atoms with Crippen LogP contribution < -0.4 is 0 Å². The second kappa shape index (κ2) is 2.63. The Morgan fingerprint density at radius 3 is 3.09 bits per heavy atom. The zero-order valence-corrected chi connectivity index (χ0v) is 8.19. The zero-order chi connectivity index (χ0) is 7.84. The van der Waals surface area contributed by atoms with Crippen LogP contribution in [0.5, 0.6) is 0 Å². The Labute approximate surface area is 75.8 Å². The van der Waals surface area contributed by atoms with Crippen molar-refractivity contribution in [2.24, 2.45) is 0 Å². The Hall–Kier alpha value is -0.300. The quantitative estimate of drug-likeness (QED) is 0.577. The number of aryl methyl sites for hydroxylation is 2. The lowest BCUT2D eigenvalue weighted by atomic mass is 10.1. The number of rotatable bonds is 0. The predicted molar refractivity (Wildman–Crippen MR) is 51.2 cm³/mol. The van der Waals surface area contributed by atoms with Crippen molar-refractivity contribution in [1.82, 2.24) is 0 Å². The first kappa shape index (κ1) is 7.35. The fraction of sp³-hybridized carbons (Fsp3) is 0.400. The van der Waals surface area contributed by atoms with Crippen molar-refractivity contribution in [3.8, 4) is 0 Å². The summed E-state index contributed by atoms with van der Waals surface area (Å²) in [6, 6.07) is 6.75. The third kappa shape index (κ3) is 1.22. The van der Waals surface area contributed by atoms with E-state index in [-0.39, 0.29) is 0 Å². The van der Waals surface area contributed by atoms with Crippen LogP contribution in [0.4, 0.5) is 0 Å². The first-order valence-corrected chi connectivity index (χ1v) is 4.92. The van der Waals surface area contributed by atoms with Gasteiger partial charge in [-0.25, -0.2) is 0 Å². The van der Waals surface area contributed by atoms with Gasteiger partial charge in [0.1, 0.15) is 0 Å². The van der Waals surface area contributed by atoms with Crippen LogP contribution in [0, 0.1) is 6.92 Å². The van der Waals surface area contributed by atoms with Crippen molar-refractivity contribution in [2.45, 2.75) is 24.6 Å². The Morgan fingerprint density at radius 1 is 1.45 bits per heavy atom. The highest BCUT2D eigenvalue weighted by molar-refractivity contribution is 9.09. The summed E-state index contributed by atoms with van der Waals surface area (Å²) in [5.74, 6) is 0. The lowest BCUT2D eigenvalue weighted by Gasteiger charge is -2.02. The summed E-state index contributed by atoms with van der Waals surface area (Å²) in [7, 11) is 0. The number of hydrogen-bond acceptors (Lipinski definition) is 0. The van der Waals surface area contributed by atoms with Crippen molar-refractivity contribution in [3.63, 3.8) is 0 Å². The number of fused-ring (bicyclic) bond motifs is 1. The van der Waals surface area contributed by atoms with E-state index in [9.17, 15) is 0 Å². The predicted octanol–water partition coefficient (Wildman–Crippen LogP) is 3.38. The normalized spacial score (nSPS) is 21.8. The Bertz CT molecular complexity index is 278. The molecule has 1 heteroatoms. The Morgan fingerprint density at radius 2 is 2.27 bits per heavy atom. The van der Waals surface area contributed by atoms with Crippen LogP contribution in [-0.2, 0) is 6.42 Å². The second-order valence-electron chi connectivity index (χ2n) is 3.21. The summed E-state index contributed by atoms with van der Waals surface area (Å²) in [4.78, 5) is 0.609. The highest BCUT2D eigenvalue weighted by Crippen LogP contribution is 2.37. The molecule has 11 heavy (non-hydrogen) atoms. The van der Waals surface area contributed by atoms with Crippen LogP contribution in [0.3, 0.4) is 0 Å². The molecule has 2 rings (SSSR count). The minimum atomic E-state index is 0.609. The molecule has 1 aliphatic rings. The van der Waals surface area contributed by atoms with Gasteiger partial charge in [0.2, 0.25) is 0 Å². The van der Waals surface area contributed by atoms with Gasteiger partial charge in [0, 0.05) is 4.83 Å². The zero-order valence-electron chi connectivity index (χ0n) is 6.60. The molecule has 0 heterocycles. The molecule has 0 spiro atoms. The van der Waals surface area contributed by atoms with Gasteiger partial charge >= 0.3 is 0 Å². The lowest BCUT2D eigenvalue weighted by molar-refractivity contribution is 0.903. The van der Waals surface area contributed by atoms with E-state index >= 15 is 0 Å². The van der Waals surface area contributed by atoms with Gasteiger partial charge in [-0.1, -0.05) is 39.7 Å². The maximum Gasteiger partial charge on any atom is 0.0401 e. The topological polar surface area (TPSA) is 0 Å². The van der Waals surface area contributed by atoms with E-state index in [0.717, 1.165) is 0 Å². The largest absolute Gasteiger partial charge is 0.0839 e. The van der Waals surface area contributed by atoms with E-state index in [1.807, 2.05) is 0 Å². The maximum absolute atomic E-state index is 3.67. The van der Waals surface area contributed by atoms with E-state index in [1.54, 1.807) is 0 Å². The highest BCUT2D eigenvalue weighted by atomic mass is 79.9. The van der Waals surface area contributed by atoms with E-state index in [1.165, 1.54) is 29.5 Å². The summed E-state index contributed by atoms with van der Waals surface area (Å²) < 4.78 is 0. The molecule has 0 fully saturated rings. The van der Waals surface area contributed by atoms with Crippen molar-refractivity contribution < 1.29 is 0 Å². The van der Waals surface area contributed by atoms with Gasteiger partial charge in [0.05, 0.1) is 0 Å². The molecule has 1 aromatic rings. The van der Waals surface area contributed by atoms with Crippen molar-refractivity contribution in [1.29, 1.82) is 0 Å². The fourth-order valence-electron chi connectivity index (χ4n) is 1.67. The van der Waals surface area contributed by atoms with Gasteiger partial charge in [-0.05, 0) is 30.9 Å². The van der Waals surface area contributed by atoms with Crippen LogP contribution in [-0.4, -0.2) is 0 Å². The van der Waals surface area contributed by atoms with Crippen LogP contribution in [0.25, 0.3) is 0 Å². The van der Waals surface area contributed by atoms with Crippen LogP contribution in [0.1, 0.15) is 27.9 Å². The number of benzene rings is 1. The van der Waals surface area contributed by atoms with Gasteiger partial charge in [-0.2, -0.15) is 0 Å². The molecule has 58 valence electrons. The average Bonchev–Trinajstić information content (AvgIpc) is 2.33. The highest BCUT2D eigenvalue weighted by Gasteiger charge is 2.18. The molecule has 0 aromatic heterocycles. The van der Waals surface area contributed by atoms with Gasteiger partial charge < -0.3 is 0 Å². The third-order valence-corrected chi connectivity index (χ3v) is 3.26. The number of hydrogen-bond donors (Lipinski definition) is 0. The first-order valence-electron chi connectivity index (χ1n) is 4.01. The first-order chi connectivity index (χ1) is 5.27. The van der Waals surface area contributed by atoms with Gasteiger partial charge in [0.25, 0.3) is 0 Å². The van der Waals surface area contributed by atoms with Crippen molar-refractivity contribution in [3.05, 3.63) is 34.9 Å². The van der Waals surface area contributed by atoms with Gasteiger partial charge in [-0.15, -0.1) is 0 Å². The smallest absolute Gasteiger partial charge is 0.0401 e. The Balaban J connectivity index is 2.52. The summed E-state index contributed by atoms with van der Waals surface area (Å²) in [5.41, 5.74) is 4.40. The van der Waals surface area contributed by atoms with E-state index in [4.69, 9.17) is 0 Å². The molecule has 0 aliphatic heterocycles. The molecule has 1 aromatic carbocycles. The summed E-state index contributed by atoms with van der Waals surface area (Å²) >= 11 is 3.67. The lowest BCUT2D eigenvalue weighted by Crippen LogP contribution is -1.83. The van der Waals surface area contributed by atoms with E-state index in [2.05, 4.69) is 41.1 Å². The molecule has 0 amide bonds. The Kier molecular flexibility index (Phi) is 1.76. The van der Waals surface area contributed by atoms with Crippen molar-refractivity contribution in [2.75, 3.05) is 0 Å². The molecule has 0 radical (unpaired) electrons. The number of alkyl halides is 1. The summed E-state index contributed by atoms with van der Waals surface area (Å²) in [5, 5.41) is 0. The molecule has 0 N–H and O–H groups in total. The van der Waals surface area contributed by atoms with E-state index in [0.29, 0.717) is 4.83 Å². The minimum Gasteiger partial charge on any atom is -0.0839 e. The van der Waals surface area contributed by atoms with Crippen LogP contribution >= 0.6 is 15.9 Å².